The maximum absolute atomic E-state index is 14.3. The van der Waals surface area contributed by atoms with Gasteiger partial charge in [-0.2, -0.15) is 0 Å². The second-order valence-electron chi connectivity index (χ2n) is 4.76. The van der Waals surface area contributed by atoms with E-state index in [1.54, 1.807) is 6.07 Å². The van der Waals surface area contributed by atoms with Gasteiger partial charge in [-0.3, -0.25) is 0 Å². The van der Waals surface area contributed by atoms with Crippen molar-refractivity contribution in [2.45, 2.75) is 37.5 Å². The van der Waals surface area contributed by atoms with Crippen molar-refractivity contribution in [3.05, 3.63) is 33.0 Å². The summed E-state index contributed by atoms with van der Waals surface area (Å²) in [4.78, 5) is 0. The van der Waals surface area contributed by atoms with Gasteiger partial charge in [0.2, 0.25) is 0 Å². The van der Waals surface area contributed by atoms with E-state index in [4.69, 9.17) is 17.3 Å². The zero-order valence-corrected chi connectivity index (χ0v) is 12.0. The van der Waals surface area contributed by atoms with Gasteiger partial charge in [-0.15, -0.1) is 0 Å². The Kier molecular flexibility index (Phi) is 4.11. The number of hydrogen-bond donors (Lipinski definition) is 1. The highest BCUT2D eigenvalue weighted by Gasteiger charge is 2.37. The lowest BCUT2D eigenvalue weighted by Gasteiger charge is -2.37. The molecule has 17 heavy (non-hydrogen) atoms. The van der Waals surface area contributed by atoms with Crippen molar-refractivity contribution in [3.8, 4) is 0 Å². The third-order valence-electron chi connectivity index (χ3n) is 3.78. The Morgan fingerprint density at radius 2 is 1.94 bits per heavy atom. The normalized spacial score (nSPS) is 19.3. The second-order valence-corrected chi connectivity index (χ2v) is 6.02. The Labute approximate surface area is 115 Å². The quantitative estimate of drug-likeness (QED) is 0.803. The minimum atomic E-state index is -0.312. The van der Waals surface area contributed by atoms with Gasteiger partial charge in [0.05, 0.1) is 5.02 Å². The molecular weight excluding hydrogens is 305 g/mol. The Balaban J connectivity index is 2.53. The molecule has 1 aliphatic carbocycles. The number of rotatable bonds is 2. The van der Waals surface area contributed by atoms with E-state index >= 15 is 0 Å². The average Bonchev–Trinajstić information content (AvgIpc) is 2.35. The van der Waals surface area contributed by atoms with Gasteiger partial charge in [0, 0.05) is 22.0 Å². The van der Waals surface area contributed by atoms with Gasteiger partial charge in [-0.05, 0) is 25.0 Å². The largest absolute Gasteiger partial charge is 0.330 e. The summed E-state index contributed by atoms with van der Waals surface area (Å²) in [5.41, 5.74) is 6.36. The van der Waals surface area contributed by atoms with E-state index in [9.17, 15) is 4.39 Å². The van der Waals surface area contributed by atoms with Crippen molar-refractivity contribution in [1.82, 2.24) is 0 Å². The third kappa shape index (κ3) is 2.38. The summed E-state index contributed by atoms with van der Waals surface area (Å²) in [5.74, 6) is -0.312. The van der Waals surface area contributed by atoms with Crippen LogP contribution in [0.15, 0.2) is 16.6 Å². The minimum Gasteiger partial charge on any atom is -0.330 e. The molecule has 0 heterocycles. The molecule has 0 unspecified atom stereocenters. The fraction of sp³-hybridized carbons (Fsp3) is 0.538. The minimum absolute atomic E-state index is 0.182. The Bertz CT molecular complexity index is 416. The summed E-state index contributed by atoms with van der Waals surface area (Å²) in [5, 5.41) is 0.182. The van der Waals surface area contributed by atoms with E-state index in [1.165, 1.54) is 6.42 Å². The molecule has 1 saturated carbocycles. The molecule has 2 rings (SSSR count). The Morgan fingerprint density at radius 3 is 2.53 bits per heavy atom. The van der Waals surface area contributed by atoms with E-state index in [-0.39, 0.29) is 16.3 Å². The standard InChI is InChI=1S/C13H16BrClFN/c14-9-4-5-10(15)12(16)11(9)13(8-17)6-2-1-3-7-13/h4-5H,1-3,6-8,17H2. The zero-order chi connectivity index (χ0) is 12.5. The van der Waals surface area contributed by atoms with Crippen molar-refractivity contribution in [3.63, 3.8) is 0 Å². The summed E-state index contributed by atoms with van der Waals surface area (Å²) in [7, 11) is 0. The van der Waals surface area contributed by atoms with Gasteiger partial charge in [-0.25, -0.2) is 4.39 Å². The second kappa shape index (κ2) is 5.25. The van der Waals surface area contributed by atoms with Crippen LogP contribution < -0.4 is 5.73 Å². The number of nitrogens with two attached hydrogens (primary N) is 1. The number of halogens is 3. The monoisotopic (exact) mass is 319 g/mol. The van der Waals surface area contributed by atoms with Gasteiger partial charge < -0.3 is 5.73 Å². The number of benzene rings is 1. The molecule has 1 nitrogen and oxygen atoms in total. The van der Waals surface area contributed by atoms with Gasteiger partial charge in [0.25, 0.3) is 0 Å². The Morgan fingerprint density at radius 1 is 1.29 bits per heavy atom. The van der Waals surface area contributed by atoms with Crippen molar-refractivity contribution >= 4 is 27.5 Å². The van der Waals surface area contributed by atoms with Crippen LogP contribution in [0.25, 0.3) is 0 Å². The fourth-order valence-electron chi connectivity index (χ4n) is 2.80. The highest BCUT2D eigenvalue weighted by Crippen LogP contribution is 2.44. The maximum atomic E-state index is 14.3. The topological polar surface area (TPSA) is 26.0 Å². The predicted molar refractivity (Wildman–Crippen MR) is 72.9 cm³/mol. The molecule has 0 saturated heterocycles. The molecule has 1 aliphatic rings. The van der Waals surface area contributed by atoms with E-state index < -0.39 is 0 Å². The molecule has 0 amide bonds. The molecule has 0 spiro atoms. The first kappa shape index (κ1) is 13.3. The van der Waals surface area contributed by atoms with Crippen LogP contribution in [0.3, 0.4) is 0 Å². The summed E-state index contributed by atoms with van der Waals surface area (Å²) in [6.45, 7) is 0.475. The lowest BCUT2D eigenvalue weighted by atomic mass is 9.69. The van der Waals surface area contributed by atoms with Gasteiger partial charge in [0.15, 0.2) is 0 Å². The van der Waals surface area contributed by atoms with Crippen LogP contribution >= 0.6 is 27.5 Å². The smallest absolute Gasteiger partial charge is 0.146 e. The molecule has 1 aromatic carbocycles. The van der Waals surface area contributed by atoms with E-state index in [2.05, 4.69) is 15.9 Å². The lowest BCUT2D eigenvalue weighted by Crippen LogP contribution is -2.38. The van der Waals surface area contributed by atoms with Gasteiger partial charge in [-0.1, -0.05) is 46.8 Å². The number of hydrogen-bond acceptors (Lipinski definition) is 1. The van der Waals surface area contributed by atoms with Crippen LogP contribution in [0.4, 0.5) is 4.39 Å². The van der Waals surface area contributed by atoms with Crippen molar-refractivity contribution in [2.24, 2.45) is 5.73 Å². The molecule has 0 aromatic heterocycles. The first-order chi connectivity index (χ1) is 8.10. The highest BCUT2D eigenvalue weighted by atomic mass is 79.9. The van der Waals surface area contributed by atoms with E-state index in [0.29, 0.717) is 12.1 Å². The van der Waals surface area contributed by atoms with E-state index in [1.807, 2.05) is 6.07 Å². The van der Waals surface area contributed by atoms with Crippen LogP contribution in [0.5, 0.6) is 0 Å². The first-order valence-corrected chi connectivity index (χ1v) is 7.12. The molecule has 1 aromatic rings. The summed E-state index contributed by atoms with van der Waals surface area (Å²) >= 11 is 9.33. The van der Waals surface area contributed by atoms with Crippen LogP contribution in [0, 0.1) is 5.82 Å². The molecule has 94 valence electrons. The molecule has 2 N–H and O–H groups in total. The van der Waals surface area contributed by atoms with Crippen LogP contribution in [0.2, 0.25) is 5.02 Å². The van der Waals surface area contributed by atoms with Crippen molar-refractivity contribution < 1.29 is 4.39 Å². The molecule has 0 atom stereocenters. The SMILES string of the molecule is NCC1(c2c(Br)ccc(Cl)c2F)CCCCC1. The molecule has 0 radical (unpaired) electrons. The molecular formula is C13H16BrClFN. The average molecular weight is 321 g/mol. The highest BCUT2D eigenvalue weighted by molar-refractivity contribution is 9.10. The molecule has 1 fully saturated rings. The maximum Gasteiger partial charge on any atom is 0.146 e. The first-order valence-electron chi connectivity index (χ1n) is 5.95. The molecule has 0 aliphatic heterocycles. The molecule has 4 heteroatoms. The predicted octanol–water partition coefficient (Wildman–Crippen LogP) is 4.40. The lowest BCUT2D eigenvalue weighted by molar-refractivity contribution is 0.290. The van der Waals surface area contributed by atoms with E-state index in [0.717, 1.165) is 30.2 Å². The van der Waals surface area contributed by atoms with Crippen LogP contribution in [0.1, 0.15) is 37.7 Å². The fourth-order valence-corrected chi connectivity index (χ4v) is 3.68. The summed E-state index contributed by atoms with van der Waals surface area (Å²) < 4.78 is 15.0. The zero-order valence-electron chi connectivity index (χ0n) is 9.61. The molecule has 0 bridgehead atoms. The third-order valence-corrected chi connectivity index (χ3v) is 4.73. The Hall–Kier alpha value is -0.120. The van der Waals surface area contributed by atoms with Gasteiger partial charge in [0.1, 0.15) is 5.82 Å². The summed E-state index contributed by atoms with van der Waals surface area (Å²) in [6.07, 6.45) is 5.31. The van der Waals surface area contributed by atoms with Gasteiger partial charge >= 0.3 is 0 Å². The van der Waals surface area contributed by atoms with Crippen molar-refractivity contribution in [1.29, 1.82) is 0 Å². The van der Waals surface area contributed by atoms with Crippen LogP contribution in [-0.2, 0) is 5.41 Å². The summed E-state index contributed by atoms with van der Waals surface area (Å²) in [6, 6.07) is 3.39. The van der Waals surface area contributed by atoms with Crippen molar-refractivity contribution in [2.75, 3.05) is 6.54 Å². The van der Waals surface area contributed by atoms with Crippen LogP contribution in [-0.4, -0.2) is 6.54 Å².